The molecule has 1 aliphatic heterocycles. The van der Waals surface area contributed by atoms with Crippen molar-refractivity contribution in [1.82, 2.24) is 4.90 Å². The van der Waals surface area contributed by atoms with E-state index in [0.29, 0.717) is 5.92 Å². The quantitative estimate of drug-likeness (QED) is 0.791. The number of nitrogens with zero attached hydrogens (tertiary/aromatic N) is 2. The van der Waals surface area contributed by atoms with Gasteiger partial charge in [0.2, 0.25) is 0 Å². The normalized spacial score (nSPS) is 14.7. The molecule has 0 aromatic heterocycles. The topological polar surface area (TPSA) is 32.8 Å². The Bertz CT molecular complexity index is 704. The monoisotopic (exact) mass is 352 g/mol. The number of para-hydroxylation sites is 1. The van der Waals surface area contributed by atoms with E-state index in [1.165, 1.54) is 11.3 Å². The van der Waals surface area contributed by atoms with Crippen LogP contribution in [0.4, 0.5) is 10.5 Å². The molecule has 3 rings (SSSR count). The van der Waals surface area contributed by atoms with Gasteiger partial charge < -0.3 is 14.5 Å². The van der Waals surface area contributed by atoms with Crippen LogP contribution in [0.2, 0.25) is 0 Å². The molecule has 0 atom stereocenters. The van der Waals surface area contributed by atoms with E-state index in [9.17, 15) is 4.79 Å². The van der Waals surface area contributed by atoms with Gasteiger partial charge in [-0.1, -0.05) is 48.5 Å². The van der Waals surface area contributed by atoms with E-state index >= 15 is 0 Å². The maximum Gasteiger partial charge on any atom is 0.410 e. The first-order valence-corrected chi connectivity index (χ1v) is 9.22. The Labute approximate surface area is 156 Å². The molecule has 0 unspecified atom stereocenters. The van der Waals surface area contributed by atoms with Crippen molar-refractivity contribution in [2.75, 3.05) is 24.5 Å². The molecule has 0 N–H and O–H groups in total. The lowest BCUT2D eigenvalue weighted by Gasteiger charge is -2.42. The van der Waals surface area contributed by atoms with Crippen molar-refractivity contribution in [3.05, 3.63) is 66.2 Å². The summed E-state index contributed by atoms with van der Waals surface area (Å²) >= 11 is 0. The van der Waals surface area contributed by atoms with E-state index in [-0.39, 0.29) is 6.09 Å². The van der Waals surface area contributed by atoms with Crippen LogP contribution in [0.15, 0.2) is 60.7 Å². The van der Waals surface area contributed by atoms with Crippen molar-refractivity contribution < 1.29 is 9.53 Å². The number of hydrogen-bond donors (Lipinski definition) is 0. The molecular formula is C22H28N2O2. The van der Waals surface area contributed by atoms with Crippen molar-refractivity contribution in [2.45, 2.75) is 32.9 Å². The summed E-state index contributed by atoms with van der Waals surface area (Å²) in [7, 11) is 0. The zero-order valence-corrected chi connectivity index (χ0v) is 15.9. The Morgan fingerprint density at radius 2 is 1.62 bits per heavy atom. The van der Waals surface area contributed by atoms with Gasteiger partial charge in [-0.25, -0.2) is 4.79 Å². The molecular weight excluding hydrogens is 324 g/mol. The number of amides is 1. The van der Waals surface area contributed by atoms with Gasteiger partial charge in [-0.3, -0.25) is 0 Å². The standard InChI is InChI=1S/C22H28N2O2/c1-22(2,3)26-21(25)24-16-19(17-24)15-23(20-12-8-5-9-13-20)14-18-10-6-4-7-11-18/h4-13,19H,14-17H2,1-3H3. The molecule has 4 nitrogen and oxygen atoms in total. The average molecular weight is 352 g/mol. The second-order valence-electron chi connectivity index (χ2n) is 7.95. The highest BCUT2D eigenvalue weighted by molar-refractivity contribution is 5.69. The Hall–Kier alpha value is -2.49. The molecule has 138 valence electrons. The maximum absolute atomic E-state index is 12.1. The van der Waals surface area contributed by atoms with Gasteiger partial charge in [0.1, 0.15) is 5.60 Å². The van der Waals surface area contributed by atoms with Crippen LogP contribution in [0.25, 0.3) is 0 Å². The van der Waals surface area contributed by atoms with E-state index in [0.717, 1.165) is 26.2 Å². The van der Waals surface area contributed by atoms with Crippen molar-refractivity contribution in [2.24, 2.45) is 5.92 Å². The van der Waals surface area contributed by atoms with Gasteiger partial charge in [-0.05, 0) is 38.5 Å². The van der Waals surface area contributed by atoms with Crippen LogP contribution >= 0.6 is 0 Å². The van der Waals surface area contributed by atoms with Crippen molar-refractivity contribution in [3.8, 4) is 0 Å². The third-order valence-corrected chi connectivity index (χ3v) is 4.43. The molecule has 1 heterocycles. The third kappa shape index (κ3) is 5.01. The lowest BCUT2D eigenvalue weighted by atomic mass is 9.99. The number of likely N-dealkylation sites (tertiary alicyclic amines) is 1. The third-order valence-electron chi connectivity index (χ3n) is 4.43. The number of carbonyl (C=O) groups is 1. The number of anilines is 1. The van der Waals surface area contributed by atoms with Crippen LogP contribution in [0.1, 0.15) is 26.3 Å². The zero-order valence-electron chi connectivity index (χ0n) is 15.9. The summed E-state index contributed by atoms with van der Waals surface area (Å²) in [4.78, 5) is 16.3. The minimum Gasteiger partial charge on any atom is -0.444 e. The van der Waals surface area contributed by atoms with E-state index in [1.54, 1.807) is 4.90 Å². The summed E-state index contributed by atoms with van der Waals surface area (Å²) in [5.41, 5.74) is 2.07. The molecule has 2 aromatic carbocycles. The van der Waals surface area contributed by atoms with Crippen LogP contribution < -0.4 is 4.90 Å². The van der Waals surface area contributed by atoms with E-state index in [2.05, 4.69) is 53.4 Å². The molecule has 1 amide bonds. The first kappa shape index (κ1) is 18.3. The minimum absolute atomic E-state index is 0.205. The van der Waals surface area contributed by atoms with Crippen LogP contribution in [-0.2, 0) is 11.3 Å². The fraction of sp³-hybridized carbons (Fsp3) is 0.409. The van der Waals surface area contributed by atoms with Crippen LogP contribution in [0.5, 0.6) is 0 Å². The van der Waals surface area contributed by atoms with Crippen molar-refractivity contribution >= 4 is 11.8 Å². The molecule has 0 spiro atoms. The summed E-state index contributed by atoms with van der Waals surface area (Å²) < 4.78 is 5.45. The minimum atomic E-state index is -0.439. The Morgan fingerprint density at radius 1 is 1.04 bits per heavy atom. The molecule has 1 saturated heterocycles. The van der Waals surface area contributed by atoms with Gasteiger partial charge in [0.05, 0.1) is 0 Å². The molecule has 1 aliphatic rings. The highest BCUT2D eigenvalue weighted by atomic mass is 16.6. The van der Waals surface area contributed by atoms with E-state index in [4.69, 9.17) is 4.74 Å². The predicted octanol–water partition coefficient (Wildman–Crippen LogP) is 4.56. The Morgan fingerprint density at radius 3 is 2.19 bits per heavy atom. The van der Waals surface area contributed by atoms with Crippen LogP contribution in [0, 0.1) is 5.92 Å². The van der Waals surface area contributed by atoms with Gasteiger partial charge in [-0.2, -0.15) is 0 Å². The number of rotatable bonds is 5. The van der Waals surface area contributed by atoms with Gasteiger partial charge in [-0.15, -0.1) is 0 Å². The second-order valence-corrected chi connectivity index (χ2v) is 7.95. The second kappa shape index (κ2) is 7.81. The van der Waals surface area contributed by atoms with Gasteiger partial charge in [0.15, 0.2) is 0 Å². The van der Waals surface area contributed by atoms with Gasteiger partial charge >= 0.3 is 6.09 Å². The first-order valence-electron chi connectivity index (χ1n) is 9.22. The Balaban J connectivity index is 1.60. The zero-order chi connectivity index (χ0) is 18.6. The van der Waals surface area contributed by atoms with Gasteiger partial charge in [0.25, 0.3) is 0 Å². The largest absolute Gasteiger partial charge is 0.444 e. The van der Waals surface area contributed by atoms with Gasteiger partial charge in [0, 0.05) is 37.8 Å². The molecule has 4 heteroatoms. The fourth-order valence-corrected chi connectivity index (χ4v) is 3.18. The maximum atomic E-state index is 12.1. The lowest BCUT2D eigenvalue weighted by molar-refractivity contribution is 0.0000278. The number of hydrogen-bond acceptors (Lipinski definition) is 3. The summed E-state index contributed by atoms with van der Waals surface area (Å²) in [5, 5.41) is 0. The molecule has 0 saturated carbocycles. The average Bonchev–Trinajstić information content (AvgIpc) is 2.56. The summed E-state index contributed by atoms with van der Waals surface area (Å²) in [6, 6.07) is 21.0. The molecule has 0 bridgehead atoms. The molecule has 0 radical (unpaired) electrons. The summed E-state index contributed by atoms with van der Waals surface area (Å²) in [6.45, 7) is 9.02. The van der Waals surface area contributed by atoms with Crippen LogP contribution in [-0.4, -0.2) is 36.2 Å². The van der Waals surface area contributed by atoms with E-state index in [1.807, 2.05) is 32.9 Å². The fourth-order valence-electron chi connectivity index (χ4n) is 3.18. The molecule has 2 aromatic rings. The SMILES string of the molecule is CC(C)(C)OC(=O)N1CC(CN(Cc2ccccc2)c2ccccc2)C1. The van der Waals surface area contributed by atoms with Crippen molar-refractivity contribution in [1.29, 1.82) is 0 Å². The summed E-state index contributed by atoms with van der Waals surface area (Å²) in [5.74, 6) is 0.464. The molecule has 26 heavy (non-hydrogen) atoms. The first-order chi connectivity index (χ1) is 12.4. The lowest BCUT2D eigenvalue weighted by Crippen LogP contribution is -2.54. The Kier molecular flexibility index (Phi) is 5.50. The summed E-state index contributed by atoms with van der Waals surface area (Å²) in [6.07, 6.45) is -0.205. The number of carbonyl (C=O) groups excluding carboxylic acids is 1. The predicted molar refractivity (Wildman–Crippen MR) is 105 cm³/mol. The van der Waals surface area contributed by atoms with Crippen molar-refractivity contribution in [3.63, 3.8) is 0 Å². The highest BCUT2D eigenvalue weighted by Gasteiger charge is 2.34. The smallest absolute Gasteiger partial charge is 0.410 e. The molecule has 0 aliphatic carbocycles. The highest BCUT2D eigenvalue weighted by Crippen LogP contribution is 2.24. The van der Waals surface area contributed by atoms with Crippen LogP contribution in [0.3, 0.4) is 0 Å². The number of ether oxygens (including phenoxy) is 1. The molecule has 1 fully saturated rings. The number of benzene rings is 2. The van der Waals surface area contributed by atoms with E-state index < -0.39 is 5.60 Å².